The molecule has 17 heavy (non-hydrogen) atoms. The normalized spacial score (nSPS) is 10.2. The second-order valence-corrected chi connectivity index (χ2v) is 3.37. The molecule has 0 aliphatic rings. The number of benzene rings is 1. The summed E-state index contributed by atoms with van der Waals surface area (Å²) in [6.07, 6.45) is 0. The SMILES string of the molecule is COCCOCOc1ccc(C)c([N+](=O)[O-])c1. The van der Waals surface area contributed by atoms with Crippen LogP contribution >= 0.6 is 0 Å². The summed E-state index contributed by atoms with van der Waals surface area (Å²) in [7, 11) is 1.58. The minimum Gasteiger partial charge on any atom is -0.467 e. The predicted molar refractivity (Wildman–Crippen MR) is 61.2 cm³/mol. The van der Waals surface area contributed by atoms with Gasteiger partial charge in [-0.15, -0.1) is 0 Å². The Morgan fingerprint density at radius 3 is 2.76 bits per heavy atom. The second-order valence-electron chi connectivity index (χ2n) is 3.37. The lowest BCUT2D eigenvalue weighted by Gasteiger charge is -2.07. The van der Waals surface area contributed by atoms with Crippen LogP contribution in [0, 0.1) is 17.0 Å². The van der Waals surface area contributed by atoms with Gasteiger partial charge in [0.15, 0.2) is 6.79 Å². The van der Waals surface area contributed by atoms with Crippen molar-refractivity contribution in [1.82, 2.24) is 0 Å². The summed E-state index contributed by atoms with van der Waals surface area (Å²) >= 11 is 0. The maximum absolute atomic E-state index is 10.7. The average Bonchev–Trinajstić information content (AvgIpc) is 2.30. The van der Waals surface area contributed by atoms with E-state index in [9.17, 15) is 10.1 Å². The third-order valence-electron chi connectivity index (χ3n) is 2.12. The molecule has 0 saturated carbocycles. The number of aryl methyl sites for hydroxylation is 1. The van der Waals surface area contributed by atoms with Crippen LogP contribution in [0.2, 0.25) is 0 Å². The highest BCUT2D eigenvalue weighted by molar-refractivity contribution is 5.45. The van der Waals surface area contributed by atoms with Gasteiger partial charge in [0.2, 0.25) is 0 Å². The second kappa shape index (κ2) is 6.82. The Labute approximate surface area is 99.2 Å². The zero-order valence-electron chi connectivity index (χ0n) is 9.84. The molecule has 1 aromatic rings. The number of nitrogens with zero attached hydrogens (tertiary/aromatic N) is 1. The summed E-state index contributed by atoms with van der Waals surface area (Å²) < 4.78 is 15.1. The molecule has 0 bridgehead atoms. The van der Waals surface area contributed by atoms with Crippen LogP contribution in [0.1, 0.15) is 5.56 Å². The molecule has 0 unspecified atom stereocenters. The lowest BCUT2D eigenvalue weighted by molar-refractivity contribution is -0.385. The Bertz CT molecular complexity index is 380. The Hall–Kier alpha value is -1.66. The van der Waals surface area contributed by atoms with E-state index in [1.54, 1.807) is 26.2 Å². The molecule has 0 heterocycles. The quantitative estimate of drug-likeness (QED) is 0.315. The Kier molecular flexibility index (Phi) is 5.38. The summed E-state index contributed by atoms with van der Waals surface area (Å²) in [5, 5.41) is 10.7. The van der Waals surface area contributed by atoms with Gasteiger partial charge in [-0.2, -0.15) is 0 Å². The van der Waals surface area contributed by atoms with E-state index in [0.29, 0.717) is 24.5 Å². The predicted octanol–water partition coefficient (Wildman–Crippen LogP) is 1.90. The molecule has 0 fully saturated rings. The van der Waals surface area contributed by atoms with Gasteiger partial charge in [-0.3, -0.25) is 10.1 Å². The number of ether oxygens (including phenoxy) is 3. The van der Waals surface area contributed by atoms with E-state index in [1.165, 1.54) is 6.07 Å². The van der Waals surface area contributed by atoms with Crippen LogP contribution in [0.15, 0.2) is 18.2 Å². The summed E-state index contributed by atoms with van der Waals surface area (Å²) in [6.45, 7) is 2.63. The highest BCUT2D eigenvalue weighted by Gasteiger charge is 2.11. The van der Waals surface area contributed by atoms with Gasteiger partial charge in [0, 0.05) is 12.7 Å². The fourth-order valence-electron chi connectivity index (χ4n) is 1.19. The van der Waals surface area contributed by atoms with E-state index in [2.05, 4.69) is 0 Å². The van der Waals surface area contributed by atoms with Crippen LogP contribution in [0.25, 0.3) is 0 Å². The van der Waals surface area contributed by atoms with Gasteiger partial charge in [0.25, 0.3) is 5.69 Å². The number of nitro benzene ring substituents is 1. The fourth-order valence-corrected chi connectivity index (χ4v) is 1.19. The highest BCUT2D eigenvalue weighted by atomic mass is 16.7. The Balaban J connectivity index is 2.49. The van der Waals surface area contributed by atoms with E-state index >= 15 is 0 Å². The summed E-state index contributed by atoms with van der Waals surface area (Å²) in [6, 6.07) is 4.69. The summed E-state index contributed by atoms with van der Waals surface area (Å²) in [5.74, 6) is 0.416. The van der Waals surface area contributed by atoms with E-state index in [4.69, 9.17) is 14.2 Å². The van der Waals surface area contributed by atoms with Crippen molar-refractivity contribution in [2.75, 3.05) is 27.1 Å². The number of hydrogen-bond donors (Lipinski definition) is 0. The maximum Gasteiger partial charge on any atom is 0.276 e. The van der Waals surface area contributed by atoms with Gasteiger partial charge < -0.3 is 14.2 Å². The lowest BCUT2D eigenvalue weighted by atomic mass is 10.2. The van der Waals surface area contributed by atoms with Gasteiger partial charge in [-0.05, 0) is 19.1 Å². The van der Waals surface area contributed by atoms with Gasteiger partial charge in [-0.1, -0.05) is 0 Å². The van der Waals surface area contributed by atoms with Gasteiger partial charge in [-0.25, -0.2) is 0 Å². The molecule has 1 rings (SSSR count). The van der Waals surface area contributed by atoms with Gasteiger partial charge in [0.1, 0.15) is 5.75 Å². The van der Waals surface area contributed by atoms with E-state index in [-0.39, 0.29) is 12.5 Å². The molecule has 0 aromatic heterocycles. The Morgan fingerprint density at radius 2 is 2.12 bits per heavy atom. The first kappa shape index (κ1) is 13.4. The number of rotatable bonds is 7. The molecule has 0 aliphatic heterocycles. The van der Waals surface area contributed by atoms with Crippen LogP contribution in [0.4, 0.5) is 5.69 Å². The molecule has 0 radical (unpaired) electrons. The number of methoxy groups -OCH3 is 1. The van der Waals surface area contributed by atoms with E-state index in [1.807, 2.05) is 0 Å². The van der Waals surface area contributed by atoms with Crippen molar-refractivity contribution in [3.05, 3.63) is 33.9 Å². The number of nitro groups is 1. The standard InChI is InChI=1S/C11H15NO5/c1-9-3-4-10(7-11(9)12(13)14)17-8-16-6-5-15-2/h3-4,7H,5-6,8H2,1-2H3. The number of hydrogen-bond acceptors (Lipinski definition) is 5. The Morgan fingerprint density at radius 1 is 1.35 bits per heavy atom. The average molecular weight is 241 g/mol. The minimum absolute atomic E-state index is 0.0411. The zero-order valence-corrected chi connectivity index (χ0v) is 9.84. The zero-order chi connectivity index (χ0) is 12.7. The van der Waals surface area contributed by atoms with Crippen LogP contribution in [-0.4, -0.2) is 32.0 Å². The van der Waals surface area contributed by atoms with E-state index < -0.39 is 4.92 Å². The molecule has 94 valence electrons. The summed E-state index contributed by atoms with van der Waals surface area (Å²) in [5.41, 5.74) is 0.641. The molecule has 0 amide bonds. The molecule has 0 saturated heterocycles. The van der Waals surface area contributed by atoms with Crippen LogP contribution in [0.3, 0.4) is 0 Å². The van der Waals surface area contributed by atoms with E-state index in [0.717, 1.165) is 0 Å². The molecule has 1 aromatic carbocycles. The van der Waals surface area contributed by atoms with Crippen molar-refractivity contribution >= 4 is 5.69 Å². The first-order valence-electron chi connectivity index (χ1n) is 5.09. The molecular formula is C11H15NO5. The first-order chi connectivity index (χ1) is 8.15. The summed E-state index contributed by atoms with van der Waals surface area (Å²) in [4.78, 5) is 10.3. The monoisotopic (exact) mass is 241 g/mol. The van der Waals surface area contributed by atoms with Crippen molar-refractivity contribution in [3.63, 3.8) is 0 Å². The van der Waals surface area contributed by atoms with Crippen molar-refractivity contribution in [1.29, 1.82) is 0 Å². The molecule has 0 aliphatic carbocycles. The molecule has 0 atom stereocenters. The lowest BCUT2D eigenvalue weighted by Crippen LogP contribution is -2.07. The van der Waals surface area contributed by atoms with Crippen molar-refractivity contribution < 1.29 is 19.1 Å². The fraction of sp³-hybridized carbons (Fsp3) is 0.455. The van der Waals surface area contributed by atoms with Crippen LogP contribution in [-0.2, 0) is 9.47 Å². The van der Waals surface area contributed by atoms with Crippen LogP contribution < -0.4 is 4.74 Å². The maximum atomic E-state index is 10.7. The topological polar surface area (TPSA) is 70.8 Å². The van der Waals surface area contributed by atoms with Gasteiger partial charge in [0.05, 0.1) is 24.2 Å². The van der Waals surface area contributed by atoms with Crippen molar-refractivity contribution in [3.8, 4) is 5.75 Å². The third-order valence-corrected chi connectivity index (χ3v) is 2.12. The van der Waals surface area contributed by atoms with Crippen LogP contribution in [0.5, 0.6) is 5.75 Å². The smallest absolute Gasteiger partial charge is 0.276 e. The van der Waals surface area contributed by atoms with Crippen molar-refractivity contribution in [2.45, 2.75) is 6.92 Å². The van der Waals surface area contributed by atoms with Crippen molar-refractivity contribution in [2.24, 2.45) is 0 Å². The minimum atomic E-state index is -0.437. The third kappa shape index (κ3) is 4.38. The molecule has 0 spiro atoms. The molecule has 6 nitrogen and oxygen atoms in total. The molecule has 6 heteroatoms. The first-order valence-corrected chi connectivity index (χ1v) is 5.09. The largest absolute Gasteiger partial charge is 0.467 e. The van der Waals surface area contributed by atoms with Gasteiger partial charge >= 0.3 is 0 Å². The molecular weight excluding hydrogens is 226 g/mol. The highest BCUT2D eigenvalue weighted by Crippen LogP contribution is 2.23. The molecule has 0 N–H and O–H groups in total.